The van der Waals surface area contributed by atoms with E-state index in [0.29, 0.717) is 6.04 Å². The molecular weight excluding hydrogens is 264 g/mol. The van der Waals surface area contributed by atoms with Crippen molar-refractivity contribution in [1.82, 2.24) is 10.3 Å². The summed E-state index contributed by atoms with van der Waals surface area (Å²) in [6.45, 7) is 3.12. The molecule has 1 atom stereocenters. The first-order chi connectivity index (χ1) is 9.88. The van der Waals surface area contributed by atoms with Gasteiger partial charge in [-0.15, -0.1) is 0 Å². The fourth-order valence-corrected chi connectivity index (χ4v) is 3.29. The van der Waals surface area contributed by atoms with Gasteiger partial charge in [0.25, 0.3) is 0 Å². The van der Waals surface area contributed by atoms with E-state index in [1.165, 1.54) is 16.5 Å². The molecule has 2 nitrogen and oxygen atoms in total. The third kappa shape index (κ3) is 2.74. The zero-order valence-corrected chi connectivity index (χ0v) is 12.4. The zero-order valence-electron chi connectivity index (χ0n) is 11.5. The molecule has 2 heterocycles. The number of para-hydroxylation sites is 1. The van der Waals surface area contributed by atoms with Crippen LogP contribution in [0.2, 0.25) is 0 Å². The topological polar surface area (TPSA) is 24.9 Å². The van der Waals surface area contributed by atoms with Crippen LogP contribution in [0.5, 0.6) is 0 Å². The Hall–Kier alpha value is -1.71. The highest BCUT2D eigenvalue weighted by molar-refractivity contribution is 7.07. The minimum absolute atomic E-state index is 0.336. The Labute approximate surface area is 123 Å². The predicted molar refractivity (Wildman–Crippen MR) is 86.2 cm³/mol. The largest absolute Gasteiger partial charge is 0.310 e. The van der Waals surface area contributed by atoms with Gasteiger partial charge in [-0.3, -0.25) is 4.98 Å². The first-order valence-corrected chi connectivity index (χ1v) is 7.91. The summed E-state index contributed by atoms with van der Waals surface area (Å²) in [7, 11) is 0. The van der Waals surface area contributed by atoms with Crippen LogP contribution in [0.25, 0.3) is 10.9 Å². The molecule has 0 amide bonds. The molecule has 1 aromatic carbocycles. The van der Waals surface area contributed by atoms with Gasteiger partial charge in [0.1, 0.15) is 0 Å². The lowest BCUT2D eigenvalue weighted by atomic mass is 9.97. The van der Waals surface area contributed by atoms with Crippen molar-refractivity contribution in [2.24, 2.45) is 0 Å². The summed E-state index contributed by atoms with van der Waals surface area (Å²) in [5.41, 5.74) is 3.80. The van der Waals surface area contributed by atoms with Crippen LogP contribution in [0.3, 0.4) is 0 Å². The maximum Gasteiger partial charge on any atom is 0.0705 e. The number of likely N-dealkylation sites (N-methyl/N-ethyl adjacent to an activating group) is 1. The van der Waals surface area contributed by atoms with Crippen molar-refractivity contribution in [2.75, 3.05) is 6.54 Å². The van der Waals surface area contributed by atoms with E-state index in [0.717, 1.165) is 18.5 Å². The molecule has 3 rings (SSSR count). The quantitative estimate of drug-likeness (QED) is 0.759. The Balaban J connectivity index is 2.00. The first kappa shape index (κ1) is 13.3. The molecule has 1 N–H and O–H groups in total. The predicted octanol–water partition coefficient (Wildman–Crippen LogP) is 4.19. The van der Waals surface area contributed by atoms with Crippen molar-refractivity contribution in [1.29, 1.82) is 0 Å². The molecule has 2 aromatic heterocycles. The lowest BCUT2D eigenvalue weighted by Crippen LogP contribution is -2.23. The number of hydrogen-bond donors (Lipinski definition) is 1. The second-order valence-corrected chi connectivity index (χ2v) is 5.64. The van der Waals surface area contributed by atoms with Crippen LogP contribution in [0.1, 0.15) is 24.1 Å². The van der Waals surface area contributed by atoms with Gasteiger partial charge in [0, 0.05) is 17.6 Å². The summed E-state index contributed by atoms with van der Waals surface area (Å²) in [6, 6.07) is 13.0. The van der Waals surface area contributed by atoms with Crippen LogP contribution in [0.15, 0.2) is 53.4 Å². The van der Waals surface area contributed by atoms with E-state index in [2.05, 4.69) is 58.3 Å². The molecule has 0 fully saturated rings. The number of hydrogen-bond acceptors (Lipinski definition) is 3. The van der Waals surface area contributed by atoms with E-state index in [1.807, 2.05) is 12.3 Å². The monoisotopic (exact) mass is 282 g/mol. The molecule has 0 radical (unpaired) electrons. The van der Waals surface area contributed by atoms with Gasteiger partial charge in [-0.25, -0.2) is 0 Å². The average molecular weight is 282 g/mol. The molecule has 1 unspecified atom stereocenters. The number of fused-ring (bicyclic) bond motifs is 1. The van der Waals surface area contributed by atoms with Crippen molar-refractivity contribution in [3.05, 3.63) is 64.5 Å². The van der Waals surface area contributed by atoms with E-state index >= 15 is 0 Å². The van der Waals surface area contributed by atoms with Crippen LogP contribution in [-0.4, -0.2) is 11.5 Å². The fourth-order valence-electron chi connectivity index (χ4n) is 2.60. The number of aromatic nitrogens is 1. The van der Waals surface area contributed by atoms with Crippen molar-refractivity contribution in [3.63, 3.8) is 0 Å². The highest BCUT2D eigenvalue weighted by atomic mass is 32.1. The van der Waals surface area contributed by atoms with Gasteiger partial charge in [0.15, 0.2) is 0 Å². The van der Waals surface area contributed by atoms with Gasteiger partial charge in [-0.1, -0.05) is 25.1 Å². The maximum absolute atomic E-state index is 4.46. The average Bonchev–Trinajstić information content (AvgIpc) is 2.99. The highest BCUT2D eigenvalue weighted by Crippen LogP contribution is 2.26. The normalized spacial score (nSPS) is 12.7. The van der Waals surface area contributed by atoms with Crippen molar-refractivity contribution in [3.8, 4) is 0 Å². The summed E-state index contributed by atoms with van der Waals surface area (Å²) in [6.07, 6.45) is 2.93. The van der Waals surface area contributed by atoms with E-state index < -0.39 is 0 Å². The van der Waals surface area contributed by atoms with Gasteiger partial charge >= 0.3 is 0 Å². The molecule has 0 spiro atoms. The lowest BCUT2D eigenvalue weighted by Gasteiger charge is -2.19. The SMILES string of the molecule is CCNC(Cc1ccsc1)c1ccnc2ccccc12. The smallest absolute Gasteiger partial charge is 0.0705 e. The van der Waals surface area contributed by atoms with Crippen LogP contribution < -0.4 is 5.32 Å². The number of benzene rings is 1. The molecule has 3 heteroatoms. The molecule has 0 aliphatic carbocycles. The van der Waals surface area contributed by atoms with Gasteiger partial charge in [-0.05, 0) is 53.1 Å². The van der Waals surface area contributed by atoms with Gasteiger partial charge in [0.05, 0.1) is 5.52 Å². The summed E-state index contributed by atoms with van der Waals surface area (Å²) in [5.74, 6) is 0. The molecule has 0 bridgehead atoms. The van der Waals surface area contributed by atoms with E-state index in [-0.39, 0.29) is 0 Å². The molecule has 102 valence electrons. The minimum Gasteiger partial charge on any atom is -0.310 e. The molecule has 0 saturated heterocycles. The molecule has 0 aliphatic rings. The summed E-state index contributed by atoms with van der Waals surface area (Å²) in [4.78, 5) is 4.46. The van der Waals surface area contributed by atoms with Crippen LogP contribution in [0.4, 0.5) is 0 Å². The number of nitrogens with zero attached hydrogens (tertiary/aromatic N) is 1. The van der Waals surface area contributed by atoms with Gasteiger partial charge in [-0.2, -0.15) is 11.3 Å². The summed E-state index contributed by atoms with van der Waals surface area (Å²) >= 11 is 1.76. The van der Waals surface area contributed by atoms with Gasteiger partial charge < -0.3 is 5.32 Å². The Morgan fingerprint density at radius 1 is 1.20 bits per heavy atom. The molecule has 3 aromatic rings. The van der Waals surface area contributed by atoms with E-state index in [4.69, 9.17) is 0 Å². The Morgan fingerprint density at radius 3 is 2.90 bits per heavy atom. The second kappa shape index (κ2) is 6.16. The first-order valence-electron chi connectivity index (χ1n) is 6.96. The molecule has 0 aliphatic heterocycles. The van der Waals surface area contributed by atoms with E-state index in [9.17, 15) is 0 Å². The summed E-state index contributed by atoms with van der Waals surface area (Å²) in [5, 5.41) is 9.22. The van der Waals surface area contributed by atoms with Crippen LogP contribution in [0, 0.1) is 0 Å². The molecule has 0 saturated carbocycles. The number of pyridine rings is 1. The Morgan fingerprint density at radius 2 is 2.10 bits per heavy atom. The van der Waals surface area contributed by atoms with E-state index in [1.54, 1.807) is 11.3 Å². The Bertz CT molecular complexity index is 671. The molecule has 20 heavy (non-hydrogen) atoms. The third-order valence-corrected chi connectivity index (χ3v) is 4.26. The second-order valence-electron chi connectivity index (χ2n) is 4.86. The zero-order chi connectivity index (χ0) is 13.8. The standard InChI is InChI=1S/C17H18N2S/c1-2-18-17(11-13-8-10-20-12-13)15-7-9-19-16-6-4-3-5-14(15)16/h3-10,12,17-18H,2,11H2,1H3. The van der Waals surface area contributed by atoms with Crippen molar-refractivity contribution in [2.45, 2.75) is 19.4 Å². The molecular formula is C17H18N2S. The maximum atomic E-state index is 4.46. The van der Waals surface area contributed by atoms with Crippen LogP contribution in [-0.2, 0) is 6.42 Å². The number of rotatable bonds is 5. The van der Waals surface area contributed by atoms with Gasteiger partial charge in [0.2, 0.25) is 0 Å². The lowest BCUT2D eigenvalue weighted by molar-refractivity contribution is 0.553. The Kier molecular flexibility index (Phi) is 4.09. The third-order valence-electron chi connectivity index (χ3n) is 3.53. The van der Waals surface area contributed by atoms with Crippen molar-refractivity contribution < 1.29 is 0 Å². The fraction of sp³-hybridized carbons (Fsp3) is 0.235. The number of nitrogens with one attached hydrogen (secondary N) is 1. The van der Waals surface area contributed by atoms with Crippen LogP contribution >= 0.6 is 11.3 Å². The van der Waals surface area contributed by atoms with Crippen molar-refractivity contribution >= 4 is 22.2 Å². The highest BCUT2D eigenvalue weighted by Gasteiger charge is 2.14. The number of thiophene rings is 1. The minimum atomic E-state index is 0.336. The summed E-state index contributed by atoms with van der Waals surface area (Å²) < 4.78 is 0.